The Balaban J connectivity index is 0. The Morgan fingerprint density at radius 3 is 2.50 bits per heavy atom. The first-order chi connectivity index (χ1) is 3.31. The van der Waals surface area contributed by atoms with Crippen LogP contribution in [0.25, 0.3) is 0 Å². The zero-order chi connectivity index (χ0) is 5.70. The van der Waals surface area contributed by atoms with Crippen LogP contribution in [0, 0.1) is 11.3 Å². The van der Waals surface area contributed by atoms with Gasteiger partial charge in [-0.3, -0.25) is 0 Å². The average molecular weight is 103 g/mol. The molecule has 0 unspecified atom stereocenters. The molecular formula is C5H6LiNO. The van der Waals surface area contributed by atoms with Gasteiger partial charge >= 0.3 is 18.9 Å². The van der Waals surface area contributed by atoms with Crippen LogP contribution in [0.5, 0.6) is 0 Å². The molecule has 0 aliphatic heterocycles. The van der Waals surface area contributed by atoms with Crippen LogP contribution in [0.1, 0.15) is 13.3 Å². The molecule has 0 aliphatic carbocycles. The Labute approximate surface area is 61.0 Å². The van der Waals surface area contributed by atoms with Gasteiger partial charge in [0.2, 0.25) is 0 Å². The van der Waals surface area contributed by atoms with Crippen LogP contribution in [0.2, 0.25) is 0 Å². The molecule has 0 aromatic heterocycles. The molecule has 0 radical (unpaired) electrons. The molecule has 0 saturated heterocycles. The molecule has 0 aromatic carbocycles. The van der Waals surface area contributed by atoms with Gasteiger partial charge in [0.05, 0.1) is 6.07 Å². The number of nitriles is 1. The van der Waals surface area contributed by atoms with E-state index in [1.807, 2.05) is 0 Å². The molecule has 0 aromatic rings. The van der Waals surface area contributed by atoms with Gasteiger partial charge in [-0.05, 0) is 6.42 Å². The second-order valence-electron chi connectivity index (χ2n) is 1.09. The summed E-state index contributed by atoms with van der Waals surface area (Å²) in [5.41, 5.74) is 0. The topological polar surface area (TPSA) is 46.8 Å². The molecular weight excluding hydrogens is 97.0 g/mol. The fourth-order valence-corrected chi connectivity index (χ4v) is 0.174. The van der Waals surface area contributed by atoms with E-state index in [9.17, 15) is 5.11 Å². The fraction of sp³-hybridized carbons (Fsp3) is 0.400. The largest absolute Gasteiger partial charge is 1.00 e. The predicted molar refractivity (Wildman–Crippen MR) is 24.0 cm³/mol. The van der Waals surface area contributed by atoms with Crippen molar-refractivity contribution < 1.29 is 24.0 Å². The number of hydrogen-bond acceptors (Lipinski definition) is 2. The molecule has 2 nitrogen and oxygen atoms in total. The first-order valence-corrected chi connectivity index (χ1v) is 2.07. The standard InChI is InChI=1S/C5H7NO.Li/c1-2-5(7)3-4-6;/h3,7H,2H2,1H3;/q;+1/p-1/b5-3-;. The third-order valence-corrected chi connectivity index (χ3v) is 0.574. The van der Waals surface area contributed by atoms with Crippen LogP contribution in [0.4, 0.5) is 0 Å². The van der Waals surface area contributed by atoms with Crippen molar-refractivity contribution in [1.29, 1.82) is 5.26 Å². The van der Waals surface area contributed by atoms with Crippen molar-refractivity contribution in [3.05, 3.63) is 11.8 Å². The first-order valence-electron chi connectivity index (χ1n) is 2.07. The van der Waals surface area contributed by atoms with Crippen molar-refractivity contribution in [3.8, 4) is 6.07 Å². The second kappa shape index (κ2) is 6.63. The fourth-order valence-electron chi connectivity index (χ4n) is 0.174. The van der Waals surface area contributed by atoms with Crippen molar-refractivity contribution in [3.63, 3.8) is 0 Å². The van der Waals surface area contributed by atoms with Gasteiger partial charge in [0.15, 0.2) is 0 Å². The van der Waals surface area contributed by atoms with E-state index in [1.165, 1.54) is 0 Å². The zero-order valence-corrected chi connectivity index (χ0v) is 5.14. The number of rotatable bonds is 1. The van der Waals surface area contributed by atoms with Crippen LogP contribution in [0.3, 0.4) is 0 Å². The van der Waals surface area contributed by atoms with Crippen molar-refractivity contribution >= 4 is 0 Å². The minimum atomic E-state index is -0.109. The monoisotopic (exact) mass is 103 g/mol. The molecule has 38 valence electrons. The van der Waals surface area contributed by atoms with Crippen LogP contribution < -0.4 is 24.0 Å². The Kier molecular flexibility index (Phi) is 8.76. The van der Waals surface area contributed by atoms with E-state index in [0.717, 1.165) is 6.08 Å². The van der Waals surface area contributed by atoms with E-state index in [-0.39, 0.29) is 24.6 Å². The van der Waals surface area contributed by atoms with Crippen LogP contribution in [-0.4, -0.2) is 0 Å². The molecule has 0 bridgehead atoms. The number of hydrogen-bond donors (Lipinski definition) is 0. The quantitative estimate of drug-likeness (QED) is 0.204. The van der Waals surface area contributed by atoms with E-state index in [2.05, 4.69) is 0 Å². The number of nitrogens with zero attached hydrogens (tertiary/aromatic N) is 1. The molecule has 0 fully saturated rings. The van der Waals surface area contributed by atoms with Gasteiger partial charge in [0.25, 0.3) is 0 Å². The molecule has 0 atom stereocenters. The molecule has 0 aliphatic rings. The van der Waals surface area contributed by atoms with Crippen molar-refractivity contribution in [2.24, 2.45) is 0 Å². The van der Waals surface area contributed by atoms with Crippen molar-refractivity contribution in [2.75, 3.05) is 0 Å². The van der Waals surface area contributed by atoms with Gasteiger partial charge in [0, 0.05) is 6.08 Å². The van der Waals surface area contributed by atoms with Gasteiger partial charge in [-0.2, -0.15) is 5.26 Å². The normalized spacial score (nSPS) is 9.25. The minimum absolute atomic E-state index is 0. The Morgan fingerprint density at radius 1 is 1.88 bits per heavy atom. The first kappa shape index (κ1) is 10.6. The zero-order valence-electron chi connectivity index (χ0n) is 5.14. The summed E-state index contributed by atoms with van der Waals surface area (Å²) in [6.45, 7) is 1.72. The molecule has 0 rings (SSSR count). The summed E-state index contributed by atoms with van der Waals surface area (Å²) in [4.78, 5) is 0. The summed E-state index contributed by atoms with van der Waals surface area (Å²) in [6, 6.07) is 1.64. The van der Waals surface area contributed by atoms with Crippen LogP contribution in [-0.2, 0) is 0 Å². The molecule has 0 N–H and O–H groups in total. The van der Waals surface area contributed by atoms with E-state index in [4.69, 9.17) is 5.26 Å². The summed E-state index contributed by atoms with van der Waals surface area (Å²) in [5.74, 6) is -0.109. The summed E-state index contributed by atoms with van der Waals surface area (Å²) in [5, 5.41) is 18.0. The third-order valence-electron chi connectivity index (χ3n) is 0.574. The maximum Gasteiger partial charge on any atom is 1.00 e. The van der Waals surface area contributed by atoms with Gasteiger partial charge in [0.1, 0.15) is 0 Å². The molecule has 8 heavy (non-hydrogen) atoms. The van der Waals surface area contributed by atoms with E-state index >= 15 is 0 Å². The Hall–Kier alpha value is -0.373. The Morgan fingerprint density at radius 2 is 2.38 bits per heavy atom. The molecule has 0 heterocycles. The molecule has 0 saturated carbocycles. The second-order valence-corrected chi connectivity index (χ2v) is 1.09. The molecule has 0 spiro atoms. The molecule has 3 heteroatoms. The van der Waals surface area contributed by atoms with E-state index in [0.29, 0.717) is 6.42 Å². The summed E-state index contributed by atoms with van der Waals surface area (Å²) >= 11 is 0. The SMILES string of the molecule is CC/C([O-])=C/C#N.[Li+]. The van der Waals surface area contributed by atoms with Gasteiger partial charge < -0.3 is 5.11 Å². The smallest absolute Gasteiger partial charge is 0.875 e. The number of allylic oxidation sites excluding steroid dienone is 2. The van der Waals surface area contributed by atoms with E-state index < -0.39 is 0 Å². The van der Waals surface area contributed by atoms with Crippen LogP contribution in [0.15, 0.2) is 11.8 Å². The van der Waals surface area contributed by atoms with Crippen LogP contribution >= 0.6 is 0 Å². The minimum Gasteiger partial charge on any atom is -0.875 e. The summed E-state index contributed by atoms with van der Waals surface area (Å²) in [6.07, 6.45) is 1.44. The Bertz CT molecular complexity index is 114. The predicted octanol–water partition coefficient (Wildman–Crippen LogP) is -2.83. The van der Waals surface area contributed by atoms with Crippen molar-refractivity contribution in [1.82, 2.24) is 0 Å². The average Bonchev–Trinajstić information content (AvgIpc) is 1.68. The maximum atomic E-state index is 10.1. The maximum absolute atomic E-state index is 10.1. The van der Waals surface area contributed by atoms with Gasteiger partial charge in [-0.1, -0.05) is 6.92 Å². The van der Waals surface area contributed by atoms with Crippen molar-refractivity contribution in [2.45, 2.75) is 13.3 Å². The van der Waals surface area contributed by atoms with Gasteiger partial charge in [-0.15, -0.1) is 5.76 Å². The third kappa shape index (κ3) is 5.63. The molecule has 0 amide bonds. The summed E-state index contributed by atoms with van der Waals surface area (Å²) < 4.78 is 0. The van der Waals surface area contributed by atoms with E-state index in [1.54, 1.807) is 13.0 Å². The summed E-state index contributed by atoms with van der Waals surface area (Å²) in [7, 11) is 0. The van der Waals surface area contributed by atoms with Gasteiger partial charge in [-0.25, -0.2) is 0 Å².